The fourth-order valence-corrected chi connectivity index (χ4v) is 2.41. The van der Waals surface area contributed by atoms with E-state index in [1.165, 1.54) is 11.3 Å². The number of hydrogen-bond acceptors (Lipinski definition) is 2. The van der Waals surface area contributed by atoms with Crippen molar-refractivity contribution in [2.24, 2.45) is 5.41 Å². The van der Waals surface area contributed by atoms with Gasteiger partial charge >= 0.3 is 0 Å². The highest BCUT2D eigenvalue weighted by Crippen LogP contribution is 2.34. The molecule has 1 heterocycles. The van der Waals surface area contributed by atoms with Crippen LogP contribution in [-0.2, 0) is 11.2 Å². The topological polar surface area (TPSA) is 20.3 Å². The van der Waals surface area contributed by atoms with Gasteiger partial charge in [0.25, 0.3) is 0 Å². The number of ketones is 1. The third-order valence-electron chi connectivity index (χ3n) is 3.87. The van der Waals surface area contributed by atoms with Crippen LogP contribution in [0.1, 0.15) is 33.3 Å². The van der Waals surface area contributed by atoms with Crippen LogP contribution in [0, 0.1) is 5.41 Å². The second-order valence-electron chi connectivity index (χ2n) is 5.75. The summed E-state index contributed by atoms with van der Waals surface area (Å²) in [5, 5.41) is 0. The summed E-state index contributed by atoms with van der Waals surface area (Å²) in [5.74, 6) is 0.258. The van der Waals surface area contributed by atoms with Crippen LogP contribution in [-0.4, -0.2) is 18.4 Å². The largest absolute Gasteiger partial charge is 0.367 e. The molecule has 1 aliphatic heterocycles. The Hall–Kier alpha value is -1.31. The third-order valence-corrected chi connectivity index (χ3v) is 3.87. The first kappa shape index (κ1) is 12.2. The van der Waals surface area contributed by atoms with Crippen LogP contribution in [0.25, 0.3) is 0 Å². The van der Waals surface area contributed by atoms with E-state index in [-0.39, 0.29) is 11.2 Å². The van der Waals surface area contributed by atoms with Gasteiger partial charge in [-0.15, -0.1) is 0 Å². The Morgan fingerprint density at radius 1 is 1.41 bits per heavy atom. The molecule has 0 spiro atoms. The van der Waals surface area contributed by atoms with Gasteiger partial charge in [0.15, 0.2) is 0 Å². The van der Waals surface area contributed by atoms with E-state index >= 15 is 0 Å². The minimum Gasteiger partial charge on any atom is -0.367 e. The molecule has 1 unspecified atom stereocenters. The number of benzene rings is 1. The van der Waals surface area contributed by atoms with Crippen LogP contribution in [0.2, 0.25) is 0 Å². The van der Waals surface area contributed by atoms with E-state index in [9.17, 15) is 4.79 Å². The molecule has 0 N–H and O–H groups in total. The lowest BCUT2D eigenvalue weighted by Crippen LogP contribution is -2.41. The molecule has 0 aliphatic carbocycles. The van der Waals surface area contributed by atoms with Gasteiger partial charge in [0.2, 0.25) is 0 Å². The third kappa shape index (κ3) is 2.21. The van der Waals surface area contributed by atoms with Crippen molar-refractivity contribution >= 4 is 11.5 Å². The van der Waals surface area contributed by atoms with E-state index in [1.807, 2.05) is 13.8 Å². The van der Waals surface area contributed by atoms with Crippen LogP contribution < -0.4 is 4.90 Å². The highest BCUT2D eigenvalue weighted by Gasteiger charge is 2.33. The molecule has 1 atom stereocenters. The highest BCUT2D eigenvalue weighted by atomic mass is 16.1. The number of carbonyl (C=O) groups is 1. The minimum absolute atomic E-state index is 0.258. The van der Waals surface area contributed by atoms with Crippen molar-refractivity contribution < 1.29 is 4.79 Å². The fourth-order valence-electron chi connectivity index (χ4n) is 2.41. The van der Waals surface area contributed by atoms with E-state index in [2.05, 4.69) is 36.1 Å². The fraction of sp³-hybridized carbons (Fsp3) is 0.533. The summed E-state index contributed by atoms with van der Waals surface area (Å²) < 4.78 is 0. The zero-order chi connectivity index (χ0) is 12.6. The lowest BCUT2D eigenvalue weighted by atomic mass is 9.88. The summed E-state index contributed by atoms with van der Waals surface area (Å²) in [5.41, 5.74) is 2.43. The molecule has 0 fully saturated rings. The van der Waals surface area contributed by atoms with Crippen LogP contribution in [0.15, 0.2) is 24.3 Å². The summed E-state index contributed by atoms with van der Waals surface area (Å²) in [7, 11) is 0. The predicted octanol–water partition coefficient (Wildman–Crippen LogP) is 3.05. The van der Waals surface area contributed by atoms with Gasteiger partial charge in [-0.25, -0.2) is 0 Å². The van der Waals surface area contributed by atoms with Gasteiger partial charge in [0, 0.05) is 23.7 Å². The molecule has 0 amide bonds. The summed E-state index contributed by atoms with van der Waals surface area (Å²) in [6, 6.07) is 9.00. The predicted molar refractivity (Wildman–Crippen MR) is 71.4 cm³/mol. The van der Waals surface area contributed by atoms with Gasteiger partial charge in [-0.3, -0.25) is 4.79 Å². The molecule has 1 aromatic rings. The van der Waals surface area contributed by atoms with E-state index in [4.69, 9.17) is 0 Å². The Balaban J connectivity index is 2.26. The minimum atomic E-state index is -0.272. The average molecular weight is 231 g/mol. The number of carbonyl (C=O) groups excluding carboxylic acids is 1. The Labute approximate surface area is 104 Å². The normalized spacial score (nSPS) is 19.3. The zero-order valence-electron chi connectivity index (χ0n) is 11.2. The average Bonchev–Trinajstić information content (AvgIpc) is 2.55. The second kappa shape index (κ2) is 4.17. The van der Waals surface area contributed by atoms with Crippen molar-refractivity contribution in [3.05, 3.63) is 29.8 Å². The first-order valence-corrected chi connectivity index (χ1v) is 6.27. The maximum absolute atomic E-state index is 11.6. The number of hydrogen-bond donors (Lipinski definition) is 0. The van der Waals surface area contributed by atoms with Gasteiger partial charge in [0.1, 0.15) is 5.78 Å². The summed E-state index contributed by atoms with van der Waals surface area (Å²) >= 11 is 0. The Bertz CT molecular complexity index is 436. The smallest absolute Gasteiger partial charge is 0.137 e. The number of nitrogens with zero attached hydrogens (tertiary/aromatic N) is 1. The molecule has 0 aromatic heterocycles. The lowest BCUT2D eigenvalue weighted by molar-refractivity contribution is -0.124. The van der Waals surface area contributed by atoms with Gasteiger partial charge in [-0.2, -0.15) is 0 Å². The van der Waals surface area contributed by atoms with Crippen molar-refractivity contribution in [1.82, 2.24) is 0 Å². The molecule has 17 heavy (non-hydrogen) atoms. The SMILES string of the molecule is CC(=O)C(C)(C)CN1c2ccccc2CC1C. The first-order valence-electron chi connectivity index (χ1n) is 6.27. The molecule has 2 heteroatoms. The molecule has 0 saturated heterocycles. The van der Waals surface area contributed by atoms with E-state index in [1.54, 1.807) is 6.92 Å². The first-order chi connectivity index (χ1) is 7.92. The zero-order valence-corrected chi connectivity index (χ0v) is 11.2. The van der Waals surface area contributed by atoms with Crippen molar-refractivity contribution in [1.29, 1.82) is 0 Å². The second-order valence-corrected chi connectivity index (χ2v) is 5.75. The molecule has 0 saturated carbocycles. The summed E-state index contributed by atoms with van der Waals surface area (Å²) in [6.07, 6.45) is 1.09. The molecule has 0 radical (unpaired) electrons. The van der Waals surface area contributed by atoms with Gasteiger partial charge in [-0.1, -0.05) is 32.0 Å². The summed E-state index contributed by atoms with van der Waals surface area (Å²) in [6.45, 7) is 8.79. The van der Waals surface area contributed by atoms with E-state index in [0.717, 1.165) is 13.0 Å². The van der Waals surface area contributed by atoms with Gasteiger partial charge in [0.05, 0.1) is 0 Å². The molecule has 1 aromatic carbocycles. The molecule has 92 valence electrons. The Morgan fingerprint density at radius 2 is 2.06 bits per heavy atom. The maximum atomic E-state index is 11.6. The van der Waals surface area contributed by atoms with Crippen molar-refractivity contribution in [2.45, 2.75) is 40.2 Å². The molecule has 1 aliphatic rings. The molecule has 0 bridgehead atoms. The maximum Gasteiger partial charge on any atom is 0.137 e. The number of rotatable bonds is 3. The van der Waals surface area contributed by atoms with Crippen LogP contribution in [0.3, 0.4) is 0 Å². The van der Waals surface area contributed by atoms with Crippen LogP contribution in [0.4, 0.5) is 5.69 Å². The molecular weight excluding hydrogens is 210 g/mol. The Morgan fingerprint density at radius 3 is 2.71 bits per heavy atom. The molecule has 2 nitrogen and oxygen atoms in total. The standard InChI is InChI=1S/C15H21NO/c1-11-9-13-7-5-6-8-14(13)16(11)10-15(3,4)12(2)17/h5-8,11H,9-10H2,1-4H3. The quantitative estimate of drug-likeness (QED) is 0.797. The Kier molecular flexibility index (Phi) is 2.98. The monoisotopic (exact) mass is 231 g/mol. The number of anilines is 1. The summed E-state index contributed by atoms with van der Waals surface area (Å²) in [4.78, 5) is 14.0. The number of Topliss-reactive ketones (excluding diaryl/α,β-unsaturated/α-hetero) is 1. The number of fused-ring (bicyclic) bond motifs is 1. The number of para-hydroxylation sites is 1. The molecule has 2 rings (SSSR count). The van der Waals surface area contributed by atoms with Gasteiger partial charge in [-0.05, 0) is 31.9 Å². The highest BCUT2D eigenvalue weighted by molar-refractivity contribution is 5.82. The van der Waals surface area contributed by atoms with Crippen molar-refractivity contribution in [3.8, 4) is 0 Å². The van der Waals surface area contributed by atoms with Gasteiger partial charge < -0.3 is 4.90 Å². The van der Waals surface area contributed by atoms with E-state index < -0.39 is 0 Å². The van der Waals surface area contributed by atoms with Crippen LogP contribution >= 0.6 is 0 Å². The molecular formula is C15H21NO. The van der Waals surface area contributed by atoms with Crippen LogP contribution in [0.5, 0.6) is 0 Å². The van der Waals surface area contributed by atoms with Crippen molar-refractivity contribution in [2.75, 3.05) is 11.4 Å². The lowest BCUT2D eigenvalue weighted by Gasteiger charge is -2.33. The van der Waals surface area contributed by atoms with Crippen molar-refractivity contribution in [3.63, 3.8) is 0 Å². The van der Waals surface area contributed by atoms with E-state index in [0.29, 0.717) is 6.04 Å².